The van der Waals surface area contributed by atoms with E-state index in [2.05, 4.69) is 10.6 Å². The molecule has 0 aliphatic carbocycles. The highest BCUT2D eigenvalue weighted by molar-refractivity contribution is 5.87. The Hall–Kier alpha value is -2.24. The summed E-state index contributed by atoms with van der Waals surface area (Å²) >= 11 is 0. The van der Waals surface area contributed by atoms with Crippen LogP contribution in [0, 0.1) is 5.41 Å². The monoisotopic (exact) mass is 292 g/mol. The number of carbonyl (C=O) groups is 2. The van der Waals surface area contributed by atoms with E-state index in [0.717, 1.165) is 5.56 Å². The molecule has 0 spiro atoms. The molecular weight excluding hydrogens is 272 g/mol. The van der Waals surface area contributed by atoms with Crippen molar-refractivity contribution in [1.82, 2.24) is 10.6 Å². The summed E-state index contributed by atoms with van der Waals surface area (Å²) in [5.74, 6) is 1.01. The Labute approximate surface area is 123 Å². The van der Waals surface area contributed by atoms with E-state index in [-0.39, 0.29) is 25.2 Å². The SMILES string of the molecule is CC(C)(C)C(=O)NCC(=O)NCc1ccc2c(c1)OCO2. The fourth-order valence-corrected chi connectivity index (χ4v) is 1.74. The van der Waals surface area contributed by atoms with Gasteiger partial charge in [0.1, 0.15) is 0 Å². The van der Waals surface area contributed by atoms with Crippen LogP contribution in [-0.4, -0.2) is 25.2 Å². The van der Waals surface area contributed by atoms with E-state index in [9.17, 15) is 9.59 Å². The number of amides is 2. The minimum Gasteiger partial charge on any atom is -0.454 e. The second kappa shape index (κ2) is 6.03. The Morgan fingerprint density at radius 3 is 2.57 bits per heavy atom. The number of carbonyl (C=O) groups excluding carboxylic acids is 2. The van der Waals surface area contributed by atoms with Crippen molar-refractivity contribution in [3.05, 3.63) is 23.8 Å². The Bertz CT molecular complexity index is 549. The summed E-state index contributed by atoms with van der Waals surface area (Å²) in [6.45, 7) is 5.97. The molecule has 0 radical (unpaired) electrons. The maximum Gasteiger partial charge on any atom is 0.239 e. The summed E-state index contributed by atoms with van der Waals surface area (Å²) in [5.41, 5.74) is 0.409. The van der Waals surface area contributed by atoms with E-state index in [1.54, 1.807) is 20.8 Å². The molecule has 0 saturated heterocycles. The molecule has 6 heteroatoms. The van der Waals surface area contributed by atoms with Gasteiger partial charge in [-0.3, -0.25) is 9.59 Å². The van der Waals surface area contributed by atoms with Gasteiger partial charge in [0.25, 0.3) is 0 Å². The smallest absolute Gasteiger partial charge is 0.239 e. The number of hydrogen-bond donors (Lipinski definition) is 2. The van der Waals surface area contributed by atoms with Crippen molar-refractivity contribution in [3.8, 4) is 11.5 Å². The predicted molar refractivity (Wildman–Crippen MR) is 76.9 cm³/mol. The molecule has 1 aliphatic rings. The first-order chi connectivity index (χ1) is 9.86. The number of hydrogen-bond acceptors (Lipinski definition) is 4. The summed E-state index contributed by atoms with van der Waals surface area (Å²) < 4.78 is 10.5. The van der Waals surface area contributed by atoms with Gasteiger partial charge in [0, 0.05) is 12.0 Å². The third kappa shape index (κ3) is 4.11. The average Bonchev–Trinajstić information content (AvgIpc) is 2.88. The zero-order valence-corrected chi connectivity index (χ0v) is 12.5. The van der Waals surface area contributed by atoms with Crippen LogP contribution in [0.3, 0.4) is 0 Å². The molecule has 114 valence electrons. The number of fused-ring (bicyclic) bond motifs is 1. The maximum absolute atomic E-state index is 11.7. The van der Waals surface area contributed by atoms with E-state index in [0.29, 0.717) is 18.0 Å². The van der Waals surface area contributed by atoms with Gasteiger partial charge in [-0.25, -0.2) is 0 Å². The quantitative estimate of drug-likeness (QED) is 0.874. The van der Waals surface area contributed by atoms with E-state index in [1.165, 1.54) is 0 Å². The number of nitrogens with one attached hydrogen (secondary N) is 2. The molecule has 1 aromatic carbocycles. The molecule has 2 N–H and O–H groups in total. The molecule has 0 unspecified atom stereocenters. The first-order valence-corrected chi connectivity index (χ1v) is 6.80. The molecule has 0 fully saturated rings. The number of rotatable bonds is 4. The van der Waals surface area contributed by atoms with Gasteiger partial charge < -0.3 is 20.1 Å². The molecule has 1 aliphatic heterocycles. The minimum atomic E-state index is -0.502. The summed E-state index contributed by atoms with van der Waals surface area (Å²) in [4.78, 5) is 23.3. The topological polar surface area (TPSA) is 76.7 Å². The van der Waals surface area contributed by atoms with E-state index >= 15 is 0 Å². The van der Waals surface area contributed by atoms with Crippen LogP contribution in [-0.2, 0) is 16.1 Å². The lowest BCUT2D eigenvalue weighted by molar-refractivity contribution is -0.131. The zero-order chi connectivity index (χ0) is 15.5. The van der Waals surface area contributed by atoms with Gasteiger partial charge in [-0.05, 0) is 17.7 Å². The van der Waals surface area contributed by atoms with Crippen LogP contribution in [0.15, 0.2) is 18.2 Å². The van der Waals surface area contributed by atoms with Crippen LogP contribution in [0.2, 0.25) is 0 Å². The lowest BCUT2D eigenvalue weighted by Crippen LogP contribution is -2.41. The van der Waals surface area contributed by atoms with Crippen LogP contribution in [0.25, 0.3) is 0 Å². The number of ether oxygens (including phenoxy) is 2. The van der Waals surface area contributed by atoms with Crippen LogP contribution in [0.4, 0.5) is 0 Å². The van der Waals surface area contributed by atoms with E-state index in [4.69, 9.17) is 9.47 Å². The molecule has 21 heavy (non-hydrogen) atoms. The second-order valence-electron chi connectivity index (χ2n) is 5.90. The zero-order valence-electron chi connectivity index (χ0n) is 12.5. The van der Waals surface area contributed by atoms with Crippen molar-refractivity contribution in [1.29, 1.82) is 0 Å². The highest BCUT2D eigenvalue weighted by atomic mass is 16.7. The Morgan fingerprint density at radius 2 is 1.86 bits per heavy atom. The van der Waals surface area contributed by atoms with E-state index < -0.39 is 5.41 Å². The molecule has 1 aromatic rings. The summed E-state index contributed by atoms with van der Waals surface area (Å²) in [6, 6.07) is 5.50. The average molecular weight is 292 g/mol. The Balaban J connectivity index is 1.78. The van der Waals surface area contributed by atoms with Gasteiger partial charge in [0.15, 0.2) is 11.5 Å². The largest absolute Gasteiger partial charge is 0.454 e. The van der Waals surface area contributed by atoms with Crippen molar-refractivity contribution in [3.63, 3.8) is 0 Å². The highest BCUT2D eigenvalue weighted by Gasteiger charge is 2.21. The molecule has 0 bridgehead atoms. The molecule has 0 saturated carbocycles. The van der Waals surface area contributed by atoms with Crippen LogP contribution in [0.1, 0.15) is 26.3 Å². The van der Waals surface area contributed by atoms with Gasteiger partial charge in [-0.1, -0.05) is 26.8 Å². The first kappa shape index (κ1) is 15.2. The third-order valence-electron chi connectivity index (χ3n) is 3.02. The molecular formula is C15H20N2O4. The highest BCUT2D eigenvalue weighted by Crippen LogP contribution is 2.32. The lowest BCUT2D eigenvalue weighted by Gasteiger charge is -2.17. The molecule has 0 atom stereocenters. The summed E-state index contributed by atoms with van der Waals surface area (Å²) in [6.07, 6.45) is 0. The minimum absolute atomic E-state index is 0.0271. The fourth-order valence-electron chi connectivity index (χ4n) is 1.74. The van der Waals surface area contributed by atoms with Crippen molar-refractivity contribution in [2.24, 2.45) is 5.41 Å². The summed E-state index contributed by atoms with van der Waals surface area (Å²) in [5, 5.41) is 5.35. The van der Waals surface area contributed by atoms with Crippen molar-refractivity contribution >= 4 is 11.8 Å². The molecule has 2 amide bonds. The van der Waals surface area contributed by atoms with Gasteiger partial charge in [0.2, 0.25) is 18.6 Å². The third-order valence-corrected chi connectivity index (χ3v) is 3.02. The van der Waals surface area contributed by atoms with Crippen LogP contribution < -0.4 is 20.1 Å². The van der Waals surface area contributed by atoms with Gasteiger partial charge in [-0.15, -0.1) is 0 Å². The molecule has 6 nitrogen and oxygen atoms in total. The van der Waals surface area contributed by atoms with Crippen LogP contribution >= 0.6 is 0 Å². The number of benzene rings is 1. The van der Waals surface area contributed by atoms with Crippen LogP contribution in [0.5, 0.6) is 11.5 Å². The molecule has 1 heterocycles. The van der Waals surface area contributed by atoms with Crippen molar-refractivity contribution in [2.45, 2.75) is 27.3 Å². The van der Waals surface area contributed by atoms with Gasteiger partial charge in [-0.2, -0.15) is 0 Å². The second-order valence-corrected chi connectivity index (χ2v) is 5.90. The lowest BCUT2D eigenvalue weighted by atomic mass is 9.96. The molecule has 0 aromatic heterocycles. The summed E-state index contributed by atoms with van der Waals surface area (Å²) in [7, 11) is 0. The van der Waals surface area contributed by atoms with Crippen molar-refractivity contribution in [2.75, 3.05) is 13.3 Å². The van der Waals surface area contributed by atoms with Gasteiger partial charge >= 0.3 is 0 Å². The Kier molecular flexibility index (Phi) is 4.35. The normalized spacial score (nSPS) is 12.9. The predicted octanol–water partition coefficient (Wildman–Crippen LogP) is 1.19. The first-order valence-electron chi connectivity index (χ1n) is 6.80. The van der Waals surface area contributed by atoms with Crippen molar-refractivity contribution < 1.29 is 19.1 Å². The fraction of sp³-hybridized carbons (Fsp3) is 0.467. The van der Waals surface area contributed by atoms with Gasteiger partial charge in [0.05, 0.1) is 6.54 Å². The Morgan fingerprint density at radius 1 is 1.14 bits per heavy atom. The maximum atomic E-state index is 11.7. The molecule has 2 rings (SSSR count). The van der Waals surface area contributed by atoms with E-state index in [1.807, 2.05) is 18.2 Å². The standard InChI is InChI=1S/C15H20N2O4/c1-15(2,3)14(19)17-8-13(18)16-7-10-4-5-11-12(6-10)21-9-20-11/h4-6H,7-9H2,1-3H3,(H,16,18)(H,17,19).